The van der Waals surface area contributed by atoms with Gasteiger partial charge in [-0.05, 0) is 42.8 Å². The van der Waals surface area contributed by atoms with Crippen LogP contribution in [0.3, 0.4) is 0 Å². The minimum absolute atomic E-state index is 0.762. The third kappa shape index (κ3) is 3.55. The number of aliphatic hydroxyl groups excluding tert-OH is 1. The molecule has 0 radical (unpaired) electrons. The summed E-state index contributed by atoms with van der Waals surface area (Å²) in [6.45, 7) is 2.04. The van der Waals surface area contributed by atoms with E-state index in [2.05, 4.69) is 16.5 Å². The molecule has 158 valence electrons. The number of hydrogen-bond acceptors (Lipinski definition) is 3. The molecule has 1 atom stereocenters. The lowest BCUT2D eigenvalue weighted by atomic mass is 9.98. The minimum Gasteiger partial charge on any atom is -0.497 e. The van der Waals surface area contributed by atoms with E-state index in [1.807, 2.05) is 92.0 Å². The number of hydrogen-bond donors (Lipinski definition) is 1. The van der Waals surface area contributed by atoms with Crippen molar-refractivity contribution in [1.82, 2.24) is 9.38 Å². The summed E-state index contributed by atoms with van der Waals surface area (Å²) >= 11 is 0. The predicted molar refractivity (Wildman–Crippen MR) is 128 cm³/mol. The number of methoxy groups -OCH3 is 1. The van der Waals surface area contributed by atoms with Gasteiger partial charge in [0.15, 0.2) is 0 Å². The van der Waals surface area contributed by atoms with E-state index in [1.165, 1.54) is 0 Å². The molecule has 2 aromatic heterocycles. The van der Waals surface area contributed by atoms with Crippen molar-refractivity contribution < 1.29 is 9.84 Å². The summed E-state index contributed by atoms with van der Waals surface area (Å²) in [6, 6.07) is 29.9. The van der Waals surface area contributed by atoms with Crippen molar-refractivity contribution in [2.45, 2.75) is 13.0 Å². The minimum atomic E-state index is -0.762. The highest BCUT2D eigenvalue weighted by atomic mass is 16.5. The smallest absolute Gasteiger partial charge is 0.145 e. The fraction of sp³-hybridized carbons (Fsp3) is 0.107. The van der Waals surface area contributed by atoms with E-state index in [0.29, 0.717) is 0 Å². The van der Waals surface area contributed by atoms with E-state index in [0.717, 1.165) is 50.6 Å². The highest BCUT2D eigenvalue weighted by Gasteiger charge is 2.21. The lowest BCUT2D eigenvalue weighted by Gasteiger charge is -2.15. The Hall–Kier alpha value is -3.89. The van der Waals surface area contributed by atoms with Gasteiger partial charge in [0.25, 0.3) is 0 Å². The molecule has 0 saturated heterocycles. The number of aliphatic hydroxyl groups is 1. The fourth-order valence-corrected chi connectivity index (χ4v) is 4.06. The van der Waals surface area contributed by atoms with Crippen molar-refractivity contribution in [3.05, 3.63) is 114 Å². The Morgan fingerprint density at radius 1 is 0.812 bits per heavy atom. The Kier molecular flexibility index (Phi) is 5.21. The van der Waals surface area contributed by atoms with Crippen LogP contribution in [0.1, 0.15) is 22.8 Å². The largest absolute Gasteiger partial charge is 0.497 e. The predicted octanol–water partition coefficient (Wildman–Crippen LogP) is 6.07. The first-order valence-electron chi connectivity index (χ1n) is 10.6. The number of rotatable bonds is 5. The molecule has 5 rings (SSSR count). The molecule has 32 heavy (non-hydrogen) atoms. The van der Waals surface area contributed by atoms with Crippen LogP contribution in [0, 0.1) is 6.92 Å². The third-order valence-electron chi connectivity index (χ3n) is 5.78. The molecule has 5 aromatic rings. The van der Waals surface area contributed by atoms with Crippen molar-refractivity contribution in [1.29, 1.82) is 0 Å². The molecule has 0 aliphatic heterocycles. The normalized spacial score (nSPS) is 12.1. The second kappa shape index (κ2) is 8.33. The second-order valence-electron chi connectivity index (χ2n) is 7.87. The maximum Gasteiger partial charge on any atom is 0.145 e. The number of fused-ring (bicyclic) bond motifs is 1. The second-order valence-corrected chi connectivity index (χ2v) is 7.87. The summed E-state index contributed by atoms with van der Waals surface area (Å²) in [6.07, 6.45) is 1.24. The topological polar surface area (TPSA) is 46.8 Å². The molecule has 1 unspecified atom stereocenters. The Labute approximate surface area is 187 Å². The maximum atomic E-state index is 11.3. The first-order valence-corrected chi connectivity index (χ1v) is 10.6. The Bertz CT molecular complexity index is 1360. The zero-order valence-electron chi connectivity index (χ0n) is 18.1. The van der Waals surface area contributed by atoms with Crippen molar-refractivity contribution >= 4 is 5.52 Å². The van der Waals surface area contributed by atoms with E-state index < -0.39 is 6.10 Å². The zero-order chi connectivity index (χ0) is 22.1. The zero-order valence-corrected chi connectivity index (χ0v) is 18.1. The number of aromatic nitrogens is 2. The molecule has 0 spiro atoms. The first kappa shape index (κ1) is 20.0. The van der Waals surface area contributed by atoms with Crippen molar-refractivity contribution in [3.8, 4) is 28.4 Å². The molecule has 0 aliphatic rings. The summed E-state index contributed by atoms with van der Waals surface area (Å²) in [5.41, 5.74) is 6.57. The Morgan fingerprint density at radius 3 is 2.22 bits per heavy atom. The van der Waals surface area contributed by atoms with Gasteiger partial charge in [0, 0.05) is 22.9 Å². The molecule has 0 fully saturated rings. The van der Waals surface area contributed by atoms with Crippen LogP contribution < -0.4 is 4.74 Å². The van der Waals surface area contributed by atoms with Gasteiger partial charge < -0.3 is 9.84 Å². The van der Waals surface area contributed by atoms with Crippen LogP contribution in [-0.2, 0) is 0 Å². The number of ether oxygens (including phenoxy) is 1. The van der Waals surface area contributed by atoms with Gasteiger partial charge in [0.2, 0.25) is 0 Å². The molecule has 2 heterocycles. The molecule has 1 N–H and O–H groups in total. The van der Waals surface area contributed by atoms with E-state index in [-0.39, 0.29) is 0 Å². The summed E-state index contributed by atoms with van der Waals surface area (Å²) in [5, 5.41) is 11.3. The van der Waals surface area contributed by atoms with Crippen LogP contribution in [0.25, 0.3) is 28.2 Å². The van der Waals surface area contributed by atoms with Crippen LogP contribution in [0.2, 0.25) is 0 Å². The first-order chi connectivity index (χ1) is 15.7. The van der Waals surface area contributed by atoms with Crippen molar-refractivity contribution in [3.63, 3.8) is 0 Å². The van der Waals surface area contributed by atoms with E-state index in [4.69, 9.17) is 9.72 Å². The van der Waals surface area contributed by atoms with Gasteiger partial charge in [-0.1, -0.05) is 66.2 Å². The maximum absolute atomic E-state index is 11.3. The van der Waals surface area contributed by atoms with Gasteiger partial charge in [0.1, 0.15) is 17.7 Å². The quantitative estimate of drug-likeness (QED) is 0.376. The van der Waals surface area contributed by atoms with Crippen molar-refractivity contribution in [2.24, 2.45) is 0 Å². The van der Waals surface area contributed by atoms with Gasteiger partial charge in [-0.15, -0.1) is 0 Å². The molecule has 0 saturated carbocycles. The van der Waals surface area contributed by atoms with Gasteiger partial charge in [0.05, 0.1) is 18.3 Å². The molecule has 4 heteroatoms. The summed E-state index contributed by atoms with van der Waals surface area (Å²) in [5.74, 6) is 1.62. The molecular weight excluding hydrogens is 396 g/mol. The Balaban J connectivity index is 1.75. The van der Waals surface area contributed by atoms with Gasteiger partial charge in [-0.2, -0.15) is 0 Å². The van der Waals surface area contributed by atoms with Crippen LogP contribution >= 0.6 is 0 Å². The van der Waals surface area contributed by atoms with Crippen LogP contribution in [0.5, 0.6) is 5.75 Å². The lowest BCUT2D eigenvalue weighted by Crippen LogP contribution is -2.03. The number of pyridine rings is 1. The molecule has 3 aromatic carbocycles. The fourth-order valence-electron chi connectivity index (χ4n) is 4.06. The van der Waals surface area contributed by atoms with Gasteiger partial charge in [-0.25, -0.2) is 4.98 Å². The standard InChI is InChI=1S/C28H24N2O2/c1-19-10-12-21(13-11-19)27(31)24-9-6-18-30-26(24)25(20-7-4-3-5-8-20)29-28(30)22-14-16-23(32-2)17-15-22/h3-18,27,31H,1-2H3. The van der Waals surface area contributed by atoms with Gasteiger partial charge >= 0.3 is 0 Å². The lowest BCUT2D eigenvalue weighted by molar-refractivity contribution is 0.221. The number of imidazole rings is 1. The molecule has 0 bridgehead atoms. The number of benzene rings is 3. The molecule has 4 nitrogen and oxygen atoms in total. The summed E-state index contributed by atoms with van der Waals surface area (Å²) < 4.78 is 7.38. The highest BCUT2D eigenvalue weighted by molar-refractivity contribution is 5.84. The van der Waals surface area contributed by atoms with Crippen LogP contribution in [0.4, 0.5) is 0 Å². The van der Waals surface area contributed by atoms with E-state index in [9.17, 15) is 5.11 Å². The van der Waals surface area contributed by atoms with Crippen molar-refractivity contribution in [2.75, 3.05) is 7.11 Å². The summed E-state index contributed by atoms with van der Waals surface area (Å²) in [4.78, 5) is 5.05. The molecular formula is C28H24N2O2. The highest BCUT2D eigenvalue weighted by Crippen LogP contribution is 2.36. The summed E-state index contributed by atoms with van der Waals surface area (Å²) in [7, 11) is 1.66. The Morgan fingerprint density at radius 2 is 1.53 bits per heavy atom. The average Bonchev–Trinajstić information content (AvgIpc) is 3.24. The van der Waals surface area contributed by atoms with E-state index in [1.54, 1.807) is 7.11 Å². The SMILES string of the molecule is COc1ccc(-c2nc(-c3ccccc3)c3c(C(O)c4ccc(C)cc4)cccn23)cc1. The van der Waals surface area contributed by atoms with Crippen LogP contribution in [0.15, 0.2) is 97.2 Å². The van der Waals surface area contributed by atoms with Crippen LogP contribution in [-0.4, -0.2) is 21.6 Å². The average molecular weight is 421 g/mol. The molecule has 0 aliphatic carbocycles. The monoisotopic (exact) mass is 420 g/mol. The number of aryl methyl sites for hydroxylation is 1. The third-order valence-corrected chi connectivity index (χ3v) is 5.78. The van der Waals surface area contributed by atoms with E-state index >= 15 is 0 Å². The van der Waals surface area contributed by atoms with Gasteiger partial charge in [-0.3, -0.25) is 4.40 Å². The number of nitrogens with zero attached hydrogens (tertiary/aromatic N) is 2. The molecule has 0 amide bonds.